The van der Waals surface area contributed by atoms with Gasteiger partial charge < -0.3 is 0 Å². The Kier molecular flexibility index (Phi) is 7.16. The van der Waals surface area contributed by atoms with E-state index in [1.807, 2.05) is 0 Å². The Morgan fingerprint density at radius 3 is 2.60 bits per heavy atom. The van der Waals surface area contributed by atoms with Gasteiger partial charge in [0.15, 0.2) is 0 Å². The van der Waals surface area contributed by atoms with Gasteiger partial charge in [-0.1, -0.05) is 38.8 Å². The third kappa shape index (κ3) is 6.15. The molecule has 60 valence electrons. The van der Waals surface area contributed by atoms with Crippen molar-refractivity contribution in [1.82, 2.24) is 0 Å². The van der Waals surface area contributed by atoms with Gasteiger partial charge >= 0.3 is 0 Å². The average Bonchev–Trinajstić information content (AvgIpc) is 1.98. The lowest BCUT2D eigenvalue weighted by Crippen LogP contribution is -1.87. The Balaban J connectivity index is 3.18. The highest BCUT2D eigenvalue weighted by Gasteiger charge is 1.91. The molecule has 1 unspecified atom stereocenters. The van der Waals surface area contributed by atoms with Gasteiger partial charge in [-0.25, -0.2) is 0 Å². The van der Waals surface area contributed by atoms with Crippen LogP contribution in [0.5, 0.6) is 0 Å². The molecule has 0 fully saturated rings. The van der Waals surface area contributed by atoms with Gasteiger partial charge in [-0.2, -0.15) is 0 Å². The molecule has 0 rings (SSSR count). The SMILES string of the molecule is CCCC/C=C/C(Cl)CC. The number of halogens is 1. The van der Waals surface area contributed by atoms with Crippen LogP contribution < -0.4 is 0 Å². The van der Waals surface area contributed by atoms with Crippen molar-refractivity contribution in [3.05, 3.63) is 12.2 Å². The van der Waals surface area contributed by atoms with Crippen LogP contribution in [0.1, 0.15) is 39.5 Å². The van der Waals surface area contributed by atoms with Crippen molar-refractivity contribution in [2.75, 3.05) is 0 Å². The van der Waals surface area contributed by atoms with Crippen LogP contribution in [0, 0.1) is 0 Å². The zero-order chi connectivity index (χ0) is 7.82. The minimum absolute atomic E-state index is 0.247. The lowest BCUT2D eigenvalue weighted by molar-refractivity contribution is 0.810. The molecule has 0 aliphatic heterocycles. The van der Waals surface area contributed by atoms with Gasteiger partial charge in [0.2, 0.25) is 0 Å². The fourth-order valence-electron chi connectivity index (χ4n) is 0.702. The van der Waals surface area contributed by atoms with E-state index in [2.05, 4.69) is 26.0 Å². The lowest BCUT2D eigenvalue weighted by Gasteiger charge is -1.95. The van der Waals surface area contributed by atoms with Crippen LogP contribution in [-0.2, 0) is 0 Å². The van der Waals surface area contributed by atoms with Gasteiger partial charge in [0.1, 0.15) is 0 Å². The smallest absolute Gasteiger partial charge is 0.0513 e. The van der Waals surface area contributed by atoms with Crippen molar-refractivity contribution in [3.8, 4) is 0 Å². The summed E-state index contributed by atoms with van der Waals surface area (Å²) in [6.45, 7) is 4.30. The zero-order valence-corrected chi connectivity index (χ0v) is 7.69. The molecule has 0 radical (unpaired) electrons. The molecule has 0 heterocycles. The maximum absolute atomic E-state index is 5.86. The number of hydrogen-bond donors (Lipinski definition) is 0. The second-order valence-electron chi connectivity index (χ2n) is 2.49. The number of hydrogen-bond acceptors (Lipinski definition) is 0. The second kappa shape index (κ2) is 7.14. The molecule has 1 heteroatoms. The van der Waals surface area contributed by atoms with E-state index < -0.39 is 0 Å². The number of allylic oxidation sites excluding steroid dienone is 2. The summed E-state index contributed by atoms with van der Waals surface area (Å²) in [7, 11) is 0. The van der Waals surface area contributed by atoms with Crippen molar-refractivity contribution >= 4 is 11.6 Å². The average molecular weight is 161 g/mol. The van der Waals surface area contributed by atoms with Crippen molar-refractivity contribution < 1.29 is 0 Å². The summed E-state index contributed by atoms with van der Waals surface area (Å²) in [6.07, 6.45) is 9.04. The fourth-order valence-corrected chi connectivity index (χ4v) is 0.805. The van der Waals surface area contributed by atoms with Gasteiger partial charge in [-0.15, -0.1) is 11.6 Å². The van der Waals surface area contributed by atoms with Crippen molar-refractivity contribution in [2.24, 2.45) is 0 Å². The molecule has 0 aromatic rings. The van der Waals surface area contributed by atoms with Crippen molar-refractivity contribution in [2.45, 2.75) is 44.9 Å². The van der Waals surface area contributed by atoms with Gasteiger partial charge in [-0.05, 0) is 12.8 Å². The maximum atomic E-state index is 5.86. The predicted molar refractivity (Wildman–Crippen MR) is 48.6 cm³/mol. The highest BCUT2D eigenvalue weighted by atomic mass is 35.5. The van der Waals surface area contributed by atoms with Crippen LogP contribution in [0.3, 0.4) is 0 Å². The summed E-state index contributed by atoms with van der Waals surface area (Å²) in [5, 5.41) is 0.247. The molecule has 1 atom stereocenters. The van der Waals surface area contributed by atoms with Crippen LogP contribution in [0.4, 0.5) is 0 Å². The monoisotopic (exact) mass is 160 g/mol. The van der Waals surface area contributed by atoms with Crippen molar-refractivity contribution in [3.63, 3.8) is 0 Å². The summed E-state index contributed by atoms with van der Waals surface area (Å²) in [5.74, 6) is 0. The molecule has 0 aliphatic carbocycles. The maximum Gasteiger partial charge on any atom is 0.0513 e. The van der Waals surface area contributed by atoms with Crippen LogP contribution in [-0.4, -0.2) is 5.38 Å². The highest BCUT2D eigenvalue weighted by molar-refractivity contribution is 6.21. The Labute approximate surface area is 69.3 Å². The Morgan fingerprint density at radius 1 is 1.40 bits per heavy atom. The first-order valence-corrected chi connectivity index (χ1v) is 4.55. The largest absolute Gasteiger partial charge is 0.118 e. The third-order valence-corrected chi connectivity index (χ3v) is 1.91. The zero-order valence-electron chi connectivity index (χ0n) is 6.94. The summed E-state index contributed by atoms with van der Waals surface area (Å²) < 4.78 is 0. The van der Waals surface area contributed by atoms with E-state index in [1.165, 1.54) is 19.3 Å². The normalized spacial score (nSPS) is 14.3. The molecule has 0 aromatic heterocycles. The highest BCUT2D eigenvalue weighted by Crippen LogP contribution is 2.04. The molecule has 0 N–H and O–H groups in total. The first-order chi connectivity index (χ1) is 4.81. The molecule has 0 amide bonds. The second-order valence-corrected chi connectivity index (χ2v) is 3.06. The molecular formula is C9H17Cl. The molecular weight excluding hydrogens is 144 g/mol. The van der Waals surface area contributed by atoms with E-state index in [9.17, 15) is 0 Å². The fraction of sp³-hybridized carbons (Fsp3) is 0.778. The van der Waals surface area contributed by atoms with Crippen LogP contribution in [0.15, 0.2) is 12.2 Å². The quantitative estimate of drug-likeness (QED) is 0.327. The van der Waals surface area contributed by atoms with E-state index in [4.69, 9.17) is 11.6 Å². The standard InChI is InChI=1S/C9H17Cl/c1-3-5-6-7-8-9(10)4-2/h7-9H,3-6H2,1-2H3/b8-7+. The molecule has 0 aliphatic rings. The van der Waals surface area contributed by atoms with E-state index in [0.29, 0.717) is 0 Å². The Morgan fingerprint density at radius 2 is 2.10 bits per heavy atom. The van der Waals surface area contributed by atoms with Gasteiger partial charge in [0, 0.05) is 0 Å². The molecule has 10 heavy (non-hydrogen) atoms. The van der Waals surface area contributed by atoms with Crippen LogP contribution in [0.25, 0.3) is 0 Å². The first-order valence-electron chi connectivity index (χ1n) is 4.12. The minimum atomic E-state index is 0.247. The topological polar surface area (TPSA) is 0 Å². The first kappa shape index (κ1) is 10.0. The van der Waals surface area contributed by atoms with E-state index >= 15 is 0 Å². The van der Waals surface area contributed by atoms with Crippen molar-refractivity contribution in [1.29, 1.82) is 0 Å². The third-order valence-electron chi connectivity index (χ3n) is 1.46. The summed E-state index contributed by atoms with van der Waals surface area (Å²) in [6, 6.07) is 0. The summed E-state index contributed by atoms with van der Waals surface area (Å²) in [4.78, 5) is 0. The minimum Gasteiger partial charge on any atom is -0.118 e. The van der Waals surface area contributed by atoms with Gasteiger partial charge in [-0.3, -0.25) is 0 Å². The molecule has 0 saturated heterocycles. The molecule has 0 saturated carbocycles. The van der Waals surface area contributed by atoms with Crippen LogP contribution >= 0.6 is 11.6 Å². The van der Waals surface area contributed by atoms with E-state index in [0.717, 1.165) is 6.42 Å². The number of alkyl halides is 1. The van der Waals surface area contributed by atoms with Gasteiger partial charge in [0.05, 0.1) is 5.38 Å². The summed E-state index contributed by atoms with van der Waals surface area (Å²) in [5.41, 5.74) is 0. The lowest BCUT2D eigenvalue weighted by atomic mass is 10.2. The summed E-state index contributed by atoms with van der Waals surface area (Å²) >= 11 is 5.86. The number of unbranched alkanes of at least 4 members (excludes halogenated alkanes) is 2. The predicted octanol–water partition coefficient (Wildman–Crippen LogP) is 3.75. The Bertz CT molecular complexity index is 86.7. The van der Waals surface area contributed by atoms with Crippen LogP contribution in [0.2, 0.25) is 0 Å². The van der Waals surface area contributed by atoms with E-state index in [1.54, 1.807) is 0 Å². The Hall–Kier alpha value is 0.0300. The number of rotatable bonds is 5. The molecule has 0 nitrogen and oxygen atoms in total. The van der Waals surface area contributed by atoms with E-state index in [-0.39, 0.29) is 5.38 Å². The van der Waals surface area contributed by atoms with Gasteiger partial charge in [0.25, 0.3) is 0 Å². The molecule has 0 spiro atoms. The molecule has 0 bridgehead atoms. The molecule has 0 aromatic carbocycles.